The van der Waals surface area contributed by atoms with Gasteiger partial charge in [0, 0.05) is 12.6 Å². The summed E-state index contributed by atoms with van der Waals surface area (Å²) in [6.45, 7) is 1.76. The van der Waals surface area contributed by atoms with Gasteiger partial charge in [0.1, 0.15) is 16.4 Å². The maximum absolute atomic E-state index is 12.9. The fraction of sp³-hybridized carbons (Fsp3) is 0.389. The van der Waals surface area contributed by atoms with E-state index in [4.69, 9.17) is 20.8 Å². The Morgan fingerprint density at radius 2 is 2.07 bits per heavy atom. The van der Waals surface area contributed by atoms with Crippen molar-refractivity contribution in [1.29, 1.82) is 0 Å². The van der Waals surface area contributed by atoms with Gasteiger partial charge >= 0.3 is 0 Å². The van der Waals surface area contributed by atoms with Crippen molar-refractivity contribution in [2.75, 3.05) is 31.6 Å². The largest absolute Gasteiger partial charge is 0.482 e. The third-order valence-electron chi connectivity index (χ3n) is 4.88. The number of rotatable bonds is 6. The van der Waals surface area contributed by atoms with E-state index in [0.717, 1.165) is 25.9 Å². The van der Waals surface area contributed by atoms with Crippen LogP contribution in [0.1, 0.15) is 24.6 Å². The van der Waals surface area contributed by atoms with Gasteiger partial charge in [-0.25, -0.2) is 13.1 Å². The van der Waals surface area contributed by atoms with Gasteiger partial charge in [0.2, 0.25) is 10.0 Å². The number of nitrogens with zero attached hydrogens (tertiary/aromatic N) is 1. The molecule has 3 heterocycles. The van der Waals surface area contributed by atoms with Crippen molar-refractivity contribution < 1.29 is 22.4 Å². The average Bonchev–Trinajstić information content (AvgIpc) is 3.35. The third kappa shape index (κ3) is 3.88. The van der Waals surface area contributed by atoms with Crippen molar-refractivity contribution >= 4 is 33.2 Å². The van der Waals surface area contributed by atoms with Gasteiger partial charge in [-0.1, -0.05) is 11.6 Å². The molecule has 1 amide bonds. The number of furan rings is 1. The van der Waals surface area contributed by atoms with Gasteiger partial charge in [0.25, 0.3) is 5.91 Å². The molecule has 0 radical (unpaired) electrons. The Bertz CT molecular complexity index is 971. The first-order chi connectivity index (χ1) is 13.4. The summed E-state index contributed by atoms with van der Waals surface area (Å²) in [5, 5.41) is 2.61. The summed E-state index contributed by atoms with van der Waals surface area (Å²) in [4.78, 5) is 13.5. The van der Waals surface area contributed by atoms with Crippen LogP contribution in [0.5, 0.6) is 5.75 Å². The summed E-state index contributed by atoms with van der Waals surface area (Å²) in [5.41, 5.74) is 0.353. The molecule has 1 saturated heterocycles. The monoisotopic (exact) mass is 425 g/mol. The van der Waals surface area contributed by atoms with Crippen molar-refractivity contribution in [2.24, 2.45) is 0 Å². The zero-order chi connectivity index (χ0) is 19.7. The molecule has 2 aliphatic rings. The molecule has 2 aromatic rings. The minimum atomic E-state index is -3.90. The molecule has 0 saturated carbocycles. The van der Waals surface area contributed by atoms with Gasteiger partial charge in [-0.05, 0) is 44.1 Å². The Labute approximate surface area is 167 Å². The zero-order valence-corrected chi connectivity index (χ0v) is 16.6. The van der Waals surface area contributed by atoms with E-state index in [0.29, 0.717) is 11.4 Å². The lowest BCUT2D eigenvalue weighted by Gasteiger charge is -2.26. The lowest BCUT2D eigenvalue weighted by molar-refractivity contribution is -0.118. The molecule has 2 aliphatic heterocycles. The highest BCUT2D eigenvalue weighted by Crippen LogP contribution is 2.35. The molecule has 4 rings (SSSR count). The molecule has 1 unspecified atom stereocenters. The van der Waals surface area contributed by atoms with Gasteiger partial charge in [0.15, 0.2) is 6.61 Å². The van der Waals surface area contributed by atoms with E-state index in [1.54, 1.807) is 12.3 Å². The van der Waals surface area contributed by atoms with Gasteiger partial charge < -0.3 is 14.5 Å². The summed E-state index contributed by atoms with van der Waals surface area (Å²) in [5.74, 6) is 0.669. The van der Waals surface area contributed by atoms with E-state index in [1.165, 1.54) is 12.1 Å². The van der Waals surface area contributed by atoms with E-state index in [1.807, 2.05) is 6.07 Å². The van der Waals surface area contributed by atoms with Gasteiger partial charge in [0.05, 0.1) is 23.0 Å². The first-order valence-electron chi connectivity index (χ1n) is 8.97. The van der Waals surface area contributed by atoms with Crippen LogP contribution in [0, 0.1) is 0 Å². The lowest BCUT2D eigenvalue weighted by Crippen LogP contribution is -2.36. The van der Waals surface area contributed by atoms with Crippen molar-refractivity contribution in [3.05, 3.63) is 41.3 Å². The number of anilines is 1. The number of fused-ring (bicyclic) bond motifs is 1. The van der Waals surface area contributed by atoms with Crippen molar-refractivity contribution in [3.8, 4) is 5.75 Å². The highest BCUT2D eigenvalue weighted by atomic mass is 35.5. The standard InChI is InChI=1S/C18H20ClN3O5S/c19-12-8-13-16(27-11-18(23)21-13)9-17(12)28(24,25)20-10-14(15-4-3-7-26-15)22-5-1-2-6-22/h3-4,7-9,14,20H,1-2,5-6,10-11H2,(H,21,23). The van der Waals surface area contributed by atoms with Crippen LogP contribution in [0.15, 0.2) is 39.8 Å². The van der Waals surface area contributed by atoms with Crippen LogP contribution in [-0.2, 0) is 14.8 Å². The highest BCUT2D eigenvalue weighted by Gasteiger charge is 2.29. The van der Waals surface area contributed by atoms with E-state index >= 15 is 0 Å². The molecular weight excluding hydrogens is 406 g/mol. The number of nitrogens with one attached hydrogen (secondary N) is 2. The van der Waals surface area contributed by atoms with Gasteiger partial charge in [-0.15, -0.1) is 0 Å². The maximum Gasteiger partial charge on any atom is 0.262 e. The molecule has 0 aliphatic carbocycles. The Morgan fingerprint density at radius 1 is 1.29 bits per heavy atom. The molecule has 1 atom stereocenters. The van der Waals surface area contributed by atoms with E-state index in [-0.39, 0.29) is 40.8 Å². The number of amides is 1. The summed E-state index contributed by atoms with van der Waals surface area (Å²) >= 11 is 6.18. The van der Waals surface area contributed by atoms with Crippen molar-refractivity contribution in [2.45, 2.75) is 23.8 Å². The molecule has 10 heteroatoms. The van der Waals surface area contributed by atoms with Crippen LogP contribution < -0.4 is 14.8 Å². The number of sulfonamides is 1. The topological polar surface area (TPSA) is 101 Å². The molecule has 1 aromatic heterocycles. The fourth-order valence-corrected chi connectivity index (χ4v) is 5.08. The van der Waals surface area contributed by atoms with Crippen molar-refractivity contribution in [1.82, 2.24) is 9.62 Å². The van der Waals surface area contributed by atoms with Crippen LogP contribution in [-0.4, -0.2) is 45.5 Å². The number of ether oxygens (including phenoxy) is 1. The van der Waals surface area contributed by atoms with E-state index in [9.17, 15) is 13.2 Å². The first-order valence-corrected chi connectivity index (χ1v) is 10.8. The van der Waals surface area contributed by atoms with Gasteiger partial charge in [-0.3, -0.25) is 9.69 Å². The van der Waals surface area contributed by atoms with Crippen LogP contribution >= 0.6 is 11.6 Å². The molecule has 1 fully saturated rings. The molecule has 1 aromatic carbocycles. The maximum atomic E-state index is 12.9. The highest BCUT2D eigenvalue weighted by molar-refractivity contribution is 7.89. The predicted molar refractivity (Wildman–Crippen MR) is 103 cm³/mol. The molecule has 150 valence electrons. The number of likely N-dealkylation sites (tertiary alicyclic amines) is 1. The van der Waals surface area contributed by atoms with Crippen LogP contribution in [0.2, 0.25) is 5.02 Å². The van der Waals surface area contributed by atoms with Crippen molar-refractivity contribution in [3.63, 3.8) is 0 Å². The second kappa shape index (κ2) is 7.75. The summed E-state index contributed by atoms with van der Waals surface area (Å²) in [6, 6.07) is 6.15. The second-order valence-electron chi connectivity index (χ2n) is 6.74. The fourth-order valence-electron chi connectivity index (χ4n) is 3.50. The molecular formula is C18H20ClN3O5S. The zero-order valence-electron chi connectivity index (χ0n) is 15.0. The van der Waals surface area contributed by atoms with Crippen LogP contribution in [0.25, 0.3) is 0 Å². The SMILES string of the molecule is O=C1COc2cc(S(=O)(=O)NCC(c3ccco3)N3CCCC3)c(Cl)cc2N1. The lowest BCUT2D eigenvalue weighted by atomic mass is 10.2. The van der Waals surface area contributed by atoms with E-state index in [2.05, 4.69) is 14.9 Å². The number of benzene rings is 1. The molecule has 0 bridgehead atoms. The molecule has 0 spiro atoms. The second-order valence-corrected chi connectivity index (χ2v) is 8.88. The third-order valence-corrected chi connectivity index (χ3v) is 6.76. The Morgan fingerprint density at radius 3 is 2.79 bits per heavy atom. The van der Waals surface area contributed by atoms with Crippen LogP contribution in [0.4, 0.5) is 5.69 Å². The summed E-state index contributed by atoms with van der Waals surface area (Å²) in [7, 11) is -3.90. The number of hydrogen-bond donors (Lipinski definition) is 2. The molecule has 8 nitrogen and oxygen atoms in total. The summed E-state index contributed by atoms with van der Waals surface area (Å²) in [6.07, 6.45) is 3.73. The quantitative estimate of drug-likeness (QED) is 0.736. The Kier molecular flexibility index (Phi) is 5.33. The average molecular weight is 426 g/mol. The van der Waals surface area contributed by atoms with Crippen LogP contribution in [0.3, 0.4) is 0 Å². The number of carbonyl (C=O) groups is 1. The normalized spacial score (nSPS) is 18.4. The Hall–Kier alpha value is -2.07. The minimum absolute atomic E-state index is 0.00720. The smallest absolute Gasteiger partial charge is 0.262 e. The number of carbonyl (C=O) groups excluding carboxylic acids is 1. The predicted octanol–water partition coefficient (Wildman–Crippen LogP) is 2.38. The Balaban J connectivity index is 1.56. The van der Waals surface area contributed by atoms with Gasteiger partial charge in [-0.2, -0.15) is 0 Å². The molecule has 2 N–H and O–H groups in total. The minimum Gasteiger partial charge on any atom is -0.482 e. The first kappa shape index (κ1) is 19.3. The number of halogens is 1. The number of hydrogen-bond acceptors (Lipinski definition) is 6. The summed E-state index contributed by atoms with van der Waals surface area (Å²) < 4.78 is 39.3. The van der Waals surface area contributed by atoms with E-state index < -0.39 is 10.0 Å². The molecule has 28 heavy (non-hydrogen) atoms.